The van der Waals surface area contributed by atoms with Crippen LogP contribution < -0.4 is 10.6 Å². The lowest BCUT2D eigenvalue weighted by atomic mass is 10.1. The fraction of sp³-hybridized carbons (Fsp3) is 0.562. The number of amides is 1. The average molecular weight is 331 g/mol. The van der Waals surface area contributed by atoms with Crippen LogP contribution in [-0.2, 0) is 20.8 Å². The number of carbonyl (C=O) groups excluding carboxylic acids is 1. The maximum atomic E-state index is 12.1. The maximum absolute atomic E-state index is 12.1. The van der Waals surface area contributed by atoms with Gasteiger partial charge in [0, 0.05) is 18.8 Å². The number of nitrogens with one attached hydrogen (secondary N) is 2. The van der Waals surface area contributed by atoms with Gasteiger partial charge in [0.15, 0.2) is 0 Å². The van der Waals surface area contributed by atoms with Gasteiger partial charge in [-0.05, 0) is 32.0 Å². The number of hydrogen-bond donors (Lipinski definition) is 2. The van der Waals surface area contributed by atoms with E-state index in [4.69, 9.17) is 9.47 Å². The van der Waals surface area contributed by atoms with Gasteiger partial charge in [-0.15, -0.1) is 12.4 Å². The highest BCUT2D eigenvalue weighted by Crippen LogP contribution is 2.15. The third kappa shape index (κ3) is 7.75. The first-order valence-electron chi connectivity index (χ1n) is 7.47. The number of benzene rings is 1. The summed E-state index contributed by atoms with van der Waals surface area (Å²) in [6, 6.07) is 7.77. The first-order valence-corrected chi connectivity index (χ1v) is 7.47. The minimum absolute atomic E-state index is 0. The van der Waals surface area contributed by atoms with E-state index in [9.17, 15) is 4.79 Å². The van der Waals surface area contributed by atoms with E-state index in [2.05, 4.69) is 17.6 Å². The molecule has 22 heavy (non-hydrogen) atoms. The largest absolute Gasteiger partial charge is 0.379 e. The molecule has 0 aromatic heterocycles. The van der Waals surface area contributed by atoms with Crippen LogP contribution in [0.3, 0.4) is 0 Å². The normalized spacial score (nSPS) is 11.6. The fourth-order valence-corrected chi connectivity index (χ4v) is 1.79. The summed E-state index contributed by atoms with van der Waals surface area (Å²) in [4.78, 5) is 12.1. The SMILES string of the molecule is CCNCc1ccccc1NC(=O)C(C)OCCOCC.Cl. The number of para-hydroxylation sites is 1. The average Bonchev–Trinajstić information content (AvgIpc) is 2.50. The van der Waals surface area contributed by atoms with Crippen LogP contribution in [0.15, 0.2) is 24.3 Å². The quantitative estimate of drug-likeness (QED) is 0.647. The minimum atomic E-state index is -0.502. The molecule has 2 N–H and O–H groups in total. The summed E-state index contributed by atoms with van der Waals surface area (Å²) in [5, 5.41) is 6.17. The second kappa shape index (κ2) is 12.4. The van der Waals surface area contributed by atoms with E-state index >= 15 is 0 Å². The van der Waals surface area contributed by atoms with Crippen molar-refractivity contribution in [3.63, 3.8) is 0 Å². The van der Waals surface area contributed by atoms with E-state index in [-0.39, 0.29) is 18.3 Å². The summed E-state index contributed by atoms with van der Waals surface area (Å²) in [5.74, 6) is -0.143. The minimum Gasteiger partial charge on any atom is -0.379 e. The number of halogens is 1. The van der Waals surface area contributed by atoms with Crippen LogP contribution in [0.1, 0.15) is 26.3 Å². The first-order chi connectivity index (χ1) is 10.2. The smallest absolute Gasteiger partial charge is 0.253 e. The van der Waals surface area contributed by atoms with Crippen LogP contribution >= 0.6 is 12.4 Å². The molecular weight excluding hydrogens is 304 g/mol. The van der Waals surface area contributed by atoms with Crippen LogP contribution in [0.4, 0.5) is 5.69 Å². The Morgan fingerprint density at radius 2 is 1.95 bits per heavy atom. The van der Waals surface area contributed by atoms with Gasteiger partial charge in [-0.1, -0.05) is 25.1 Å². The Bertz CT molecular complexity index is 430. The number of hydrogen-bond acceptors (Lipinski definition) is 4. The van der Waals surface area contributed by atoms with E-state index in [1.807, 2.05) is 31.2 Å². The highest BCUT2D eigenvalue weighted by Gasteiger charge is 2.14. The van der Waals surface area contributed by atoms with Crippen molar-refractivity contribution in [1.82, 2.24) is 5.32 Å². The monoisotopic (exact) mass is 330 g/mol. The third-order valence-corrected chi connectivity index (χ3v) is 3.01. The van der Waals surface area contributed by atoms with E-state index in [1.54, 1.807) is 6.92 Å². The van der Waals surface area contributed by atoms with Crippen molar-refractivity contribution < 1.29 is 14.3 Å². The lowest BCUT2D eigenvalue weighted by molar-refractivity contribution is -0.127. The molecule has 6 heteroatoms. The van der Waals surface area contributed by atoms with Gasteiger partial charge in [0.05, 0.1) is 13.2 Å². The van der Waals surface area contributed by atoms with Crippen LogP contribution in [-0.4, -0.2) is 38.4 Å². The summed E-state index contributed by atoms with van der Waals surface area (Å²) in [7, 11) is 0. The predicted octanol–water partition coefficient (Wildman–Crippen LogP) is 2.60. The zero-order chi connectivity index (χ0) is 15.5. The highest BCUT2D eigenvalue weighted by atomic mass is 35.5. The summed E-state index contributed by atoms with van der Waals surface area (Å²) >= 11 is 0. The molecule has 0 spiro atoms. The molecule has 0 fully saturated rings. The van der Waals surface area contributed by atoms with E-state index in [0.29, 0.717) is 19.8 Å². The van der Waals surface area contributed by atoms with Gasteiger partial charge in [-0.2, -0.15) is 0 Å². The van der Waals surface area contributed by atoms with Crippen molar-refractivity contribution in [3.8, 4) is 0 Å². The lowest BCUT2D eigenvalue weighted by Gasteiger charge is -2.15. The Morgan fingerprint density at radius 3 is 2.64 bits per heavy atom. The molecule has 0 aliphatic rings. The second-order valence-electron chi connectivity index (χ2n) is 4.64. The zero-order valence-corrected chi connectivity index (χ0v) is 14.4. The second-order valence-corrected chi connectivity index (χ2v) is 4.64. The molecule has 1 aromatic carbocycles. The van der Waals surface area contributed by atoms with E-state index < -0.39 is 6.10 Å². The van der Waals surface area contributed by atoms with Crippen molar-refractivity contribution in [2.75, 3.05) is 31.7 Å². The Hall–Kier alpha value is -1.14. The number of anilines is 1. The summed E-state index contributed by atoms with van der Waals surface area (Å²) in [5.41, 5.74) is 1.89. The summed E-state index contributed by atoms with van der Waals surface area (Å²) in [6.07, 6.45) is -0.502. The number of ether oxygens (including phenoxy) is 2. The molecular formula is C16H27ClN2O3. The van der Waals surface area contributed by atoms with Crippen molar-refractivity contribution >= 4 is 24.0 Å². The Balaban J connectivity index is 0.00000441. The van der Waals surface area contributed by atoms with Crippen molar-refractivity contribution in [2.45, 2.75) is 33.4 Å². The summed E-state index contributed by atoms with van der Waals surface area (Å²) < 4.78 is 10.6. The molecule has 0 aliphatic heterocycles. The molecule has 5 nitrogen and oxygen atoms in total. The first kappa shape index (κ1) is 20.9. The standard InChI is InChI=1S/C16H26N2O3.ClH/c1-4-17-12-14-8-6-7-9-15(14)18-16(19)13(3)21-11-10-20-5-2;/h6-9,13,17H,4-5,10-12H2,1-3H3,(H,18,19);1H. The molecule has 0 heterocycles. The molecule has 0 aliphatic carbocycles. The van der Waals surface area contributed by atoms with Gasteiger partial charge >= 0.3 is 0 Å². The summed E-state index contributed by atoms with van der Waals surface area (Å²) in [6.45, 7) is 8.92. The highest BCUT2D eigenvalue weighted by molar-refractivity contribution is 5.94. The van der Waals surface area contributed by atoms with Crippen LogP contribution in [0.5, 0.6) is 0 Å². The number of rotatable bonds is 10. The maximum Gasteiger partial charge on any atom is 0.253 e. The van der Waals surface area contributed by atoms with Gasteiger partial charge in [0.2, 0.25) is 0 Å². The molecule has 0 bridgehead atoms. The molecule has 0 saturated heterocycles. The Kier molecular flexibility index (Phi) is 11.8. The molecule has 126 valence electrons. The molecule has 1 atom stereocenters. The van der Waals surface area contributed by atoms with Gasteiger partial charge < -0.3 is 20.1 Å². The molecule has 1 unspecified atom stereocenters. The van der Waals surface area contributed by atoms with Gasteiger partial charge in [-0.25, -0.2) is 0 Å². The van der Waals surface area contributed by atoms with Crippen LogP contribution in [0.2, 0.25) is 0 Å². The third-order valence-electron chi connectivity index (χ3n) is 3.01. The van der Waals surface area contributed by atoms with Crippen LogP contribution in [0.25, 0.3) is 0 Å². The van der Waals surface area contributed by atoms with Gasteiger partial charge in [0.1, 0.15) is 6.10 Å². The molecule has 1 rings (SSSR count). The Morgan fingerprint density at radius 1 is 1.23 bits per heavy atom. The predicted molar refractivity (Wildman–Crippen MR) is 91.6 cm³/mol. The molecule has 1 amide bonds. The number of carbonyl (C=O) groups is 1. The molecule has 0 saturated carbocycles. The zero-order valence-electron chi connectivity index (χ0n) is 13.6. The van der Waals surface area contributed by atoms with Crippen molar-refractivity contribution in [3.05, 3.63) is 29.8 Å². The lowest BCUT2D eigenvalue weighted by Crippen LogP contribution is -2.29. The molecule has 1 aromatic rings. The van der Waals surface area contributed by atoms with Gasteiger partial charge in [0.25, 0.3) is 5.91 Å². The molecule has 0 radical (unpaired) electrons. The van der Waals surface area contributed by atoms with Crippen molar-refractivity contribution in [1.29, 1.82) is 0 Å². The Labute approximate surface area is 139 Å². The van der Waals surface area contributed by atoms with E-state index in [0.717, 1.165) is 24.3 Å². The topological polar surface area (TPSA) is 59.6 Å². The fourth-order valence-electron chi connectivity index (χ4n) is 1.79. The van der Waals surface area contributed by atoms with E-state index in [1.165, 1.54) is 0 Å². The van der Waals surface area contributed by atoms with Crippen LogP contribution in [0, 0.1) is 0 Å². The van der Waals surface area contributed by atoms with Crippen molar-refractivity contribution in [2.24, 2.45) is 0 Å². The van der Waals surface area contributed by atoms with Gasteiger partial charge in [-0.3, -0.25) is 4.79 Å².